The van der Waals surface area contributed by atoms with E-state index in [0.29, 0.717) is 13.0 Å². The van der Waals surface area contributed by atoms with Crippen LogP contribution in [-0.4, -0.2) is 29.4 Å². The first kappa shape index (κ1) is 16.3. The highest BCUT2D eigenvalue weighted by atomic mass is 19.4. The van der Waals surface area contributed by atoms with Crippen LogP contribution in [0, 0.1) is 6.92 Å². The van der Waals surface area contributed by atoms with E-state index in [9.17, 15) is 22.8 Å². The van der Waals surface area contributed by atoms with Crippen LogP contribution in [0.3, 0.4) is 0 Å². The lowest BCUT2D eigenvalue weighted by molar-refractivity contribution is -0.141. The molecule has 0 aromatic carbocycles. The van der Waals surface area contributed by atoms with Crippen LogP contribution in [0.25, 0.3) is 0 Å². The zero-order valence-electron chi connectivity index (χ0n) is 12.0. The number of hydrogen-bond acceptors (Lipinski definition) is 3. The molecule has 2 heterocycles. The molecule has 120 valence electrons. The summed E-state index contributed by atoms with van der Waals surface area (Å²) in [6, 6.07) is 1.17. The van der Waals surface area contributed by atoms with Crippen LogP contribution < -0.4 is 10.6 Å². The summed E-state index contributed by atoms with van der Waals surface area (Å²) in [6.07, 6.45) is -2.43. The second kappa shape index (κ2) is 6.33. The van der Waals surface area contributed by atoms with Crippen LogP contribution in [0.2, 0.25) is 0 Å². The largest absolute Gasteiger partial charge is 0.433 e. The lowest BCUT2D eigenvalue weighted by Gasteiger charge is -2.16. The first-order valence-corrected chi connectivity index (χ1v) is 6.92. The van der Waals surface area contributed by atoms with E-state index in [1.165, 1.54) is 6.92 Å². The second-order valence-corrected chi connectivity index (χ2v) is 5.14. The molecule has 1 aliphatic heterocycles. The molecule has 0 bridgehead atoms. The molecular weight excluding hydrogens is 299 g/mol. The standard InChI is InChI=1S/C14H16F3N3O2/c1-8-9(5-6-11(19-8)14(15,16)17)12(21)20-10-4-2-3-7-18-13(10)22/h5-6,10H,2-4,7H2,1H3,(H,18,22)(H,20,21)/t10-/m0/s1. The van der Waals surface area contributed by atoms with Crippen molar-refractivity contribution in [3.8, 4) is 0 Å². The van der Waals surface area contributed by atoms with Gasteiger partial charge in [-0.25, -0.2) is 4.98 Å². The third-order valence-electron chi connectivity index (χ3n) is 3.46. The highest BCUT2D eigenvalue weighted by molar-refractivity contribution is 5.98. The summed E-state index contributed by atoms with van der Waals surface area (Å²) in [4.78, 5) is 27.3. The van der Waals surface area contributed by atoms with E-state index < -0.39 is 23.8 Å². The van der Waals surface area contributed by atoms with Gasteiger partial charge in [-0.1, -0.05) is 0 Å². The summed E-state index contributed by atoms with van der Waals surface area (Å²) >= 11 is 0. The van der Waals surface area contributed by atoms with Gasteiger partial charge in [0, 0.05) is 6.54 Å². The quantitative estimate of drug-likeness (QED) is 0.874. The average molecular weight is 315 g/mol. The number of nitrogens with zero attached hydrogens (tertiary/aromatic N) is 1. The zero-order chi connectivity index (χ0) is 16.3. The van der Waals surface area contributed by atoms with Crippen molar-refractivity contribution in [2.45, 2.75) is 38.4 Å². The Labute approximate surface area is 125 Å². The van der Waals surface area contributed by atoms with Crippen molar-refractivity contribution in [3.63, 3.8) is 0 Å². The third-order valence-corrected chi connectivity index (χ3v) is 3.46. The molecule has 8 heteroatoms. The van der Waals surface area contributed by atoms with Crippen LogP contribution in [-0.2, 0) is 11.0 Å². The van der Waals surface area contributed by atoms with Gasteiger partial charge in [-0.15, -0.1) is 0 Å². The van der Waals surface area contributed by atoms with Gasteiger partial charge >= 0.3 is 6.18 Å². The normalized spacial score (nSPS) is 19.3. The number of carbonyl (C=O) groups excluding carboxylic acids is 2. The smallest absolute Gasteiger partial charge is 0.354 e. The van der Waals surface area contributed by atoms with Crippen LogP contribution in [0.15, 0.2) is 12.1 Å². The topological polar surface area (TPSA) is 71.1 Å². The van der Waals surface area contributed by atoms with Gasteiger partial charge in [0.25, 0.3) is 5.91 Å². The van der Waals surface area contributed by atoms with E-state index in [0.717, 1.165) is 25.0 Å². The fourth-order valence-corrected chi connectivity index (χ4v) is 2.27. The molecule has 1 aliphatic rings. The molecule has 1 saturated heterocycles. The zero-order valence-corrected chi connectivity index (χ0v) is 12.0. The van der Waals surface area contributed by atoms with Crippen molar-refractivity contribution >= 4 is 11.8 Å². The molecule has 0 radical (unpaired) electrons. The minimum atomic E-state index is -4.55. The van der Waals surface area contributed by atoms with E-state index in [1.807, 2.05) is 0 Å². The van der Waals surface area contributed by atoms with Crippen LogP contribution in [0.4, 0.5) is 13.2 Å². The number of aryl methyl sites for hydroxylation is 1. The predicted octanol–water partition coefficient (Wildman–Crippen LogP) is 1.81. The molecule has 1 aromatic heterocycles. The molecule has 1 fully saturated rings. The molecule has 0 spiro atoms. The Morgan fingerprint density at radius 1 is 1.36 bits per heavy atom. The van der Waals surface area contributed by atoms with E-state index >= 15 is 0 Å². The van der Waals surface area contributed by atoms with Gasteiger partial charge in [-0.05, 0) is 38.3 Å². The molecule has 5 nitrogen and oxygen atoms in total. The average Bonchev–Trinajstić information content (AvgIpc) is 2.63. The Balaban J connectivity index is 2.14. The summed E-state index contributed by atoms with van der Waals surface area (Å²) in [6.45, 7) is 1.89. The molecule has 2 N–H and O–H groups in total. The monoisotopic (exact) mass is 315 g/mol. The summed E-state index contributed by atoms with van der Waals surface area (Å²) in [5, 5.41) is 5.23. The molecule has 0 unspecified atom stereocenters. The molecule has 2 rings (SSSR count). The number of aromatic nitrogens is 1. The minimum Gasteiger partial charge on any atom is -0.354 e. The van der Waals surface area contributed by atoms with Crippen LogP contribution in [0.1, 0.15) is 41.0 Å². The van der Waals surface area contributed by atoms with Crippen molar-refractivity contribution in [3.05, 3.63) is 29.1 Å². The van der Waals surface area contributed by atoms with E-state index in [1.54, 1.807) is 0 Å². The highest BCUT2D eigenvalue weighted by Gasteiger charge is 2.33. The van der Waals surface area contributed by atoms with E-state index in [-0.39, 0.29) is 17.2 Å². The third kappa shape index (κ3) is 3.75. The number of halogens is 3. The van der Waals surface area contributed by atoms with Crippen molar-refractivity contribution < 1.29 is 22.8 Å². The van der Waals surface area contributed by atoms with Crippen LogP contribution >= 0.6 is 0 Å². The van der Waals surface area contributed by atoms with Crippen LogP contribution in [0.5, 0.6) is 0 Å². The lowest BCUT2D eigenvalue weighted by atomic mass is 10.1. The SMILES string of the molecule is Cc1nc(C(F)(F)F)ccc1C(=O)N[C@H]1CCCCNC1=O. The van der Waals surface area contributed by atoms with E-state index in [2.05, 4.69) is 15.6 Å². The number of hydrogen-bond donors (Lipinski definition) is 2. The number of carbonyl (C=O) groups is 2. The van der Waals surface area contributed by atoms with Gasteiger partial charge in [-0.2, -0.15) is 13.2 Å². The molecule has 0 saturated carbocycles. The summed E-state index contributed by atoms with van der Waals surface area (Å²) < 4.78 is 37.7. The molecule has 0 aliphatic carbocycles. The Morgan fingerprint density at radius 3 is 2.73 bits per heavy atom. The van der Waals surface area contributed by atoms with Gasteiger partial charge in [0.2, 0.25) is 5.91 Å². The minimum absolute atomic E-state index is 0.0265. The van der Waals surface area contributed by atoms with E-state index in [4.69, 9.17) is 0 Å². The van der Waals surface area contributed by atoms with Crippen molar-refractivity contribution in [1.82, 2.24) is 15.6 Å². The number of pyridine rings is 1. The maximum atomic E-state index is 12.6. The Morgan fingerprint density at radius 2 is 2.09 bits per heavy atom. The number of rotatable bonds is 2. The second-order valence-electron chi connectivity index (χ2n) is 5.14. The van der Waals surface area contributed by atoms with Gasteiger partial charge in [0.1, 0.15) is 11.7 Å². The molecular formula is C14H16F3N3O2. The summed E-state index contributed by atoms with van der Waals surface area (Å²) in [5.41, 5.74) is -1.04. The Hall–Kier alpha value is -2.12. The lowest BCUT2D eigenvalue weighted by Crippen LogP contribution is -2.45. The number of amides is 2. The maximum absolute atomic E-state index is 12.6. The number of nitrogens with one attached hydrogen (secondary N) is 2. The van der Waals surface area contributed by atoms with Gasteiger partial charge in [-0.3, -0.25) is 9.59 Å². The molecule has 2 amide bonds. The molecule has 1 atom stereocenters. The molecule has 22 heavy (non-hydrogen) atoms. The number of alkyl halides is 3. The molecule has 1 aromatic rings. The Bertz CT molecular complexity index is 587. The van der Waals surface area contributed by atoms with Crippen molar-refractivity contribution in [2.24, 2.45) is 0 Å². The predicted molar refractivity (Wildman–Crippen MR) is 72.1 cm³/mol. The first-order chi connectivity index (χ1) is 10.3. The van der Waals surface area contributed by atoms with Crippen molar-refractivity contribution in [1.29, 1.82) is 0 Å². The maximum Gasteiger partial charge on any atom is 0.433 e. The van der Waals surface area contributed by atoms with Crippen molar-refractivity contribution in [2.75, 3.05) is 6.54 Å². The van der Waals surface area contributed by atoms with Gasteiger partial charge in [0.05, 0.1) is 11.3 Å². The summed E-state index contributed by atoms with van der Waals surface area (Å²) in [5.74, 6) is -0.871. The fraction of sp³-hybridized carbons (Fsp3) is 0.500. The summed E-state index contributed by atoms with van der Waals surface area (Å²) in [7, 11) is 0. The fourth-order valence-electron chi connectivity index (χ4n) is 2.27. The first-order valence-electron chi connectivity index (χ1n) is 6.92. The highest BCUT2D eigenvalue weighted by Crippen LogP contribution is 2.28. The Kier molecular flexibility index (Phi) is 4.68. The van der Waals surface area contributed by atoms with Gasteiger partial charge in [0.15, 0.2) is 0 Å². The van der Waals surface area contributed by atoms with Gasteiger partial charge < -0.3 is 10.6 Å².